The number of carbonyl (C=O) groups is 1. The van der Waals surface area contributed by atoms with Crippen LogP contribution in [0.25, 0.3) is 21.5 Å². The number of nitrogens with zero attached hydrogens (tertiary/aromatic N) is 8. The molecule has 262 valence electrons. The smallest absolute Gasteiger partial charge is 0.475 e. The number of benzene rings is 6. The fourth-order valence-electron chi connectivity index (χ4n) is 8.30. The molecule has 0 amide bonds. The minimum atomic E-state index is -4.36. The molecule has 0 saturated heterocycles. The van der Waals surface area contributed by atoms with E-state index in [2.05, 4.69) is 8.47 Å². The monoisotopic (exact) mass is 738 g/mol. The molecule has 0 spiro atoms. The lowest BCUT2D eigenvalue weighted by molar-refractivity contribution is 0.0713. The van der Waals surface area contributed by atoms with Crippen molar-refractivity contribution in [3.05, 3.63) is 197 Å². The predicted octanol–water partition coefficient (Wildman–Crippen LogP) is 6.64. The van der Waals surface area contributed by atoms with Gasteiger partial charge in [-0.3, -0.25) is 8.47 Å². The average molecular weight is 739 g/mol. The summed E-state index contributed by atoms with van der Waals surface area (Å²) in [5, 5.41) is 4.00. The van der Waals surface area contributed by atoms with Gasteiger partial charge in [-0.05, 0) is 12.1 Å². The number of hydrogen-bond acceptors (Lipinski definition) is 8. The molecule has 6 bridgehead atoms. The van der Waals surface area contributed by atoms with E-state index >= 15 is 4.79 Å². The summed E-state index contributed by atoms with van der Waals surface area (Å²) in [5.41, 5.74) is 4.88. The number of aliphatic imine (C=N–C) groups is 4. The first-order valence-corrected chi connectivity index (χ1v) is 20.1. The first-order valence-electron chi connectivity index (χ1n) is 18.3. The lowest BCUT2D eigenvalue weighted by Gasteiger charge is -2.34. The van der Waals surface area contributed by atoms with Crippen molar-refractivity contribution in [2.45, 2.75) is 0 Å². The number of aromatic nitrogens is 2. The van der Waals surface area contributed by atoms with E-state index in [1.54, 1.807) is 12.1 Å². The van der Waals surface area contributed by atoms with Gasteiger partial charge in [-0.1, -0.05) is 146 Å². The zero-order valence-corrected chi connectivity index (χ0v) is 30.4. The topological polar surface area (TPSA) is 110 Å². The molecule has 4 aliphatic heterocycles. The zero-order chi connectivity index (χ0) is 37.0. The fourth-order valence-corrected chi connectivity index (χ4v) is 12.1. The molecular weight excluding hydrogens is 713 g/mol. The highest BCUT2D eigenvalue weighted by Crippen LogP contribution is 2.43. The Morgan fingerprint density at radius 3 is 1.29 bits per heavy atom. The highest BCUT2D eigenvalue weighted by Gasteiger charge is 2.54. The van der Waals surface area contributed by atoms with Crippen molar-refractivity contribution in [1.82, 2.24) is 8.47 Å². The van der Waals surface area contributed by atoms with Crippen molar-refractivity contribution >= 4 is 76.3 Å². The van der Waals surface area contributed by atoms with Gasteiger partial charge in [0.05, 0.1) is 5.56 Å². The first kappa shape index (κ1) is 30.8. The Morgan fingerprint density at radius 2 is 0.804 bits per heavy atom. The van der Waals surface area contributed by atoms with Gasteiger partial charge in [0, 0.05) is 49.0 Å². The van der Waals surface area contributed by atoms with Crippen LogP contribution in [0.15, 0.2) is 188 Å². The third kappa shape index (κ3) is 4.17. The SMILES string of the molecule is O=C(O[Si]1(c2ccccc2)n2c3c4ccccc4c2/N=C2N=C(/N=c4/c5ccccc5/c(n41)=N/C1=NC(=N\3)/c3ccccc31)c1ccccc1\2)c1ccccc1. The quantitative estimate of drug-likeness (QED) is 0.190. The van der Waals surface area contributed by atoms with Gasteiger partial charge < -0.3 is 4.43 Å². The molecule has 6 heterocycles. The first-order chi connectivity index (χ1) is 27.7. The molecule has 12 rings (SSSR count). The third-order valence-corrected chi connectivity index (χ3v) is 14.4. The van der Waals surface area contributed by atoms with Gasteiger partial charge in [-0.15, -0.1) is 0 Å². The molecule has 0 saturated carbocycles. The Morgan fingerprint density at radius 1 is 0.411 bits per heavy atom. The molecule has 0 aliphatic carbocycles. The van der Waals surface area contributed by atoms with Crippen LogP contribution in [0.5, 0.6) is 0 Å². The van der Waals surface area contributed by atoms with Crippen LogP contribution >= 0.6 is 0 Å². The van der Waals surface area contributed by atoms with Gasteiger partial charge in [0.25, 0.3) is 0 Å². The Bertz CT molecular complexity index is 3140. The molecule has 1 unspecified atom stereocenters. The van der Waals surface area contributed by atoms with Crippen molar-refractivity contribution in [1.29, 1.82) is 0 Å². The second kappa shape index (κ2) is 11.4. The molecular formula is C45H26N8O2Si. The maximum absolute atomic E-state index is 15.0. The molecule has 4 aliphatic rings. The van der Waals surface area contributed by atoms with E-state index in [9.17, 15) is 0 Å². The van der Waals surface area contributed by atoms with Crippen LogP contribution in [-0.2, 0) is 4.43 Å². The van der Waals surface area contributed by atoms with Crippen molar-refractivity contribution in [3.8, 4) is 0 Å². The highest BCUT2D eigenvalue weighted by atomic mass is 28.4. The van der Waals surface area contributed by atoms with Gasteiger partial charge in [-0.25, -0.2) is 34.7 Å². The van der Waals surface area contributed by atoms with Crippen LogP contribution in [0.2, 0.25) is 0 Å². The molecule has 0 radical (unpaired) electrons. The van der Waals surface area contributed by atoms with Gasteiger partial charge >= 0.3 is 14.6 Å². The predicted molar refractivity (Wildman–Crippen MR) is 219 cm³/mol. The summed E-state index contributed by atoms with van der Waals surface area (Å²) in [5.74, 6) is 2.58. The molecule has 56 heavy (non-hydrogen) atoms. The van der Waals surface area contributed by atoms with Gasteiger partial charge in [0.1, 0.15) is 22.6 Å². The van der Waals surface area contributed by atoms with E-state index in [0.717, 1.165) is 49.0 Å². The molecule has 10 nitrogen and oxygen atoms in total. The van der Waals surface area contributed by atoms with Crippen LogP contribution in [-0.4, -0.2) is 46.4 Å². The van der Waals surface area contributed by atoms with Gasteiger partial charge in [-0.2, -0.15) is 0 Å². The summed E-state index contributed by atoms with van der Waals surface area (Å²) in [4.78, 5) is 47.1. The summed E-state index contributed by atoms with van der Waals surface area (Å²) < 4.78 is 11.5. The summed E-state index contributed by atoms with van der Waals surface area (Å²) >= 11 is 0. The molecule has 0 N–H and O–H groups in total. The summed E-state index contributed by atoms with van der Waals surface area (Å²) in [6.07, 6.45) is 0. The molecule has 6 aromatic carbocycles. The Balaban J connectivity index is 1.40. The van der Waals surface area contributed by atoms with E-state index in [0.29, 0.717) is 51.5 Å². The molecule has 1 atom stereocenters. The minimum absolute atomic E-state index is 0.402. The van der Waals surface area contributed by atoms with Crippen LogP contribution in [0.1, 0.15) is 32.6 Å². The van der Waals surface area contributed by atoms with Crippen LogP contribution in [0.4, 0.5) is 11.6 Å². The van der Waals surface area contributed by atoms with Crippen molar-refractivity contribution in [2.75, 3.05) is 0 Å². The lowest BCUT2D eigenvalue weighted by atomic mass is 10.1. The van der Waals surface area contributed by atoms with E-state index < -0.39 is 14.6 Å². The summed E-state index contributed by atoms with van der Waals surface area (Å²) in [6.45, 7) is 0. The van der Waals surface area contributed by atoms with Crippen LogP contribution < -0.4 is 16.2 Å². The van der Waals surface area contributed by atoms with E-state index in [4.69, 9.17) is 34.4 Å². The molecule has 11 heteroatoms. The van der Waals surface area contributed by atoms with Crippen molar-refractivity contribution < 1.29 is 9.22 Å². The van der Waals surface area contributed by atoms with Crippen molar-refractivity contribution in [2.24, 2.45) is 30.0 Å². The van der Waals surface area contributed by atoms with Crippen LogP contribution in [0, 0.1) is 0 Å². The summed E-state index contributed by atoms with van der Waals surface area (Å²) in [6, 6.07) is 51.1. The maximum atomic E-state index is 15.0. The van der Waals surface area contributed by atoms with E-state index in [1.807, 2.05) is 146 Å². The highest BCUT2D eigenvalue weighted by molar-refractivity contribution is 6.86. The van der Waals surface area contributed by atoms with Crippen molar-refractivity contribution in [3.63, 3.8) is 0 Å². The second-order valence-electron chi connectivity index (χ2n) is 13.8. The standard InChI is InChI=1S/C45H26N8O2Si/c54-45(27-15-3-1-4-16-27)55-56(28-17-5-2-6-18-28)52-41-33-23-11-12-24-34(33)43(52)50-39-31-21-9-10-22-32(31)40(47-39)51-44-36-26-14-13-25-35(36)42(53(44)56)49-38-30-20-8-7-19-29(30)37(46-38)48-41/h1-26H/b48-37-,48-41?,49-38?,49-42-,50-39-,50-43?,51-40?,51-44-. The Kier molecular flexibility index (Phi) is 6.29. The largest absolute Gasteiger partial charge is 0.533 e. The summed E-state index contributed by atoms with van der Waals surface area (Å²) in [7, 11) is -4.36. The normalized spacial score (nSPS) is 20.1. The zero-order valence-electron chi connectivity index (χ0n) is 29.4. The minimum Gasteiger partial charge on any atom is -0.475 e. The number of hydrogen-bond donors (Lipinski definition) is 0. The number of fused-ring (bicyclic) bond motifs is 14. The number of amidine groups is 4. The van der Waals surface area contributed by atoms with Crippen LogP contribution in [0.3, 0.4) is 0 Å². The molecule has 8 aromatic rings. The average Bonchev–Trinajstić information content (AvgIpc) is 3.97. The Labute approximate surface area is 319 Å². The Hall–Kier alpha value is -7.63. The van der Waals surface area contributed by atoms with E-state index in [-0.39, 0.29) is 0 Å². The number of carbonyl (C=O) groups excluding carboxylic acids is 1. The molecule has 0 fully saturated rings. The second-order valence-corrected chi connectivity index (χ2v) is 16.7. The number of rotatable bonds is 3. The van der Waals surface area contributed by atoms with Gasteiger partial charge in [0.15, 0.2) is 23.3 Å². The fraction of sp³-hybridized carbons (Fsp3) is 0. The third-order valence-electron chi connectivity index (χ3n) is 10.8. The van der Waals surface area contributed by atoms with E-state index in [1.165, 1.54) is 0 Å². The van der Waals surface area contributed by atoms with Gasteiger partial charge in [0.2, 0.25) is 0 Å². The lowest BCUT2D eigenvalue weighted by Crippen LogP contribution is -2.69. The maximum Gasteiger partial charge on any atom is 0.533 e. The molecule has 2 aromatic heterocycles.